The highest BCUT2D eigenvalue weighted by Crippen LogP contribution is 2.33. The molecule has 8 rings (SSSR count). The summed E-state index contributed by atoms with van der Waals surface area (Å²) in [4.78, 5) is 4.90. The van der Waals surface area contributed by atoms with Gasteiger partial charge >= 0.3 is 0 Å². The van der Waals surface area contributed by atoms with Gasteiger partial charge in [-0.15, -0.1) is 0 Å². The van der Waals surface area contributed by atoms with Crippen molar-refractivity contribution >= 4 is 32.6 Å². The van der Waals surface area contributed by atoms with Crippen molar-refractivity contribution < 1.29 is 4.39 Å². The second kappa shape index (κ2) is 9.83. The fraction of sp³-hybridized carbons (Fsp3) is 0. The van der Waals surface area contributed by atoms with Gasteiger partial charge in [-0.1, -0.05) is 109 Å². The van der Waals surface area contributed by atoms with E-state index in [-0.39, 0.29) is 5.82 Å². The second-order valence-electron chi connectivity index (χ2n) is 10.7. The highest BCUT2D eigenvalue weighted by atomic mass is 19.1. The van der Waals surface area contributed by atoms with E-state index < -0.39 is 0 Å². The Labute approximate surface area is 243 Å². The highest BCUT2D eigenvalue weighted by molar-refractivity contribution is 5.89. The van der Waals surface area contributed by atoms with E-state index in [0.717, 1.165) is 33.7 Å². The molecule has 0 bridgehead atoms. The summed E-state index contributed by atoms with van der Waals surface area (Å²) >= 11 is 0. The molecule has 0 aliphatic carbocycles. The molecule has 0 atom stereocenters. The van der Waals surface area contributed by atoms with Gasteiger partial charge in [0.15, 0.2) is 0 Å². The molecule has 0 amide bonds. The molecule has 0 unspecified atom stereocenters. The Hall–Kier alpha value is -5.54. The lowest BCUT2D eigenvalue weighted by Gasteiger charge is -2.12. The van der Waals surface area contributed by atoms with Crippen molar-refractivity contribution in [3.63, 3.8) is 0 Å². The predicted molar refractivity (Wildman–Crippen MR) is 172 cm³/mol. The third kappa shape index (κ3) is 4.23. The molecular formula is C39H25FN2. The van der Waals surface area contributed by atoms with Crippen LogP contribution in [0.15, 0.2) is 152 Å². The first-order chi connectivity index (χ1) is 20.7. The van der Waals surface area contributed by atoms with Crippen LogP contribution in [0, 0.1) is 5.82 Å². The normalized spacial score (nSPS) is 11.5. The monoisotopic (exact) mass is 540 g/mol. The smallest absolute Gasteiger partial charge is 0.145 e. The molecular weight excluding hydrogens is 515 g/mol. The van der Waals surface area contributed by atoms with Crippen molar-refractivity contribution in [3.8, 4) is 39.3 Å². The lowest BCUT2D eigenvalue weighted by Crippen LogP contribution is -1.97. The van der Waals surface area contributed by atoms with Crippen LogP contribution in [0.2, 0.25) is 0 Å². The Morgan fingerprint density at radius 2 is 0.929 bits per heavy atom. The van der Waals surface area contributed by atoms with Gasteiger partial charge in [-0.2, -0.15) is 0 Å². The van der Waals surface area contributed by atoms with Crippen LogP contribution in [0.5, 0.6) is 0 Å². The first-order valence-corrected chi connectivity index (χ1v) is 14.1. The molecule has 42 heavy (non-hydrogen) atoms. The molecule has 0 saturated heterocycles. The zero-order valence-corrected chi connectivity index (χ0v) is 22.7. The number of benzene rings is 7. The van der Waals surface area contributed by atoms with E-state index in [4.69, 9.17) is 4.98 Å². The lowest BCUT2D eigenvalue weighted by molar-refractivity contribution is 0.629. The van der Waals surface area contributed by atoms with E-state index >= 15 is 0 Å². The maximum absolute atomic E-state index is 14.2. The van der Waals surface area contributed by atoms with E-state index in [1.54, 1.807) is 0 Å². The van der Waals surface area contributed by atoms with Crippen LogP contribution in [0.1, 0.15) is 0 Å². The van der Waals surface area contributed by atoms with Crippen LogP contribution < -0.4 is 0 Å². The molecule has 0 fully saturated rings. The molecule has 8 aromatic rings. The van der Waals surface area contributed by atoms with E-state index in [2.05, 4.69) is 138 Å². The van der Waals surface area contributed by atoms with E-state index in [1.165, 1.54) is 44.8 Å². The van der Waals surface area contributed by atoms with Gasteiger partial charge in [-0.3, -0.25) is 4.57 Å². The minimum atomic E-state index is -0.294. The first-order valence-electron chi connectivity index (χ1n) is 14.1. The Kier molecular flexibility index (Phi) is 5.68. The standard InChI is InChI=1S/C39H25FN2/c40-35-19-22-38-37(25-35)41-39(30-13-9-28(10-14-30)33-15-11-26-5-1-3-7-31(26)23-33)42(38)36-20-17-29(18-21-36)34-16-12-27-6-2-4-8-32(27)24-34/h1-25H. The second-order valence-corrected chi connectivity index (χ2v) is 10.7. The first kappa shape index (κ1) is 24.3. The molecule has 2 nitrogen and oxygen atoms in total. The zero-order valence-electron chi connectivity index (χ0n) is 22.7. The summed E-state index contributed by atoms with van der Waals surface area (Å²) < 4.78 is 16.4. The van der Waals surface area contributed by atoms with E-state index in [0.29, 0.717) is 5.52 Å². The minimum absolute atomic E-state index is 0.294. The Bertz CT molecular complexity index is 2240. The maximum Gasteiger partial charge on any atom is 0.145 e. The van der Waals surface area contributed by atoms with Gasteiger partial charge in [0, 0.05) is 17.3 Å². The van der Waals surface area contributed by atoms with Gasteiger partial charge in [0.25, 0.3) is 0 Å². The molecule has 0 N–H and O–H groups in total. The number of imidazole rings is 1. The Balaban J connectivity index is 1.20. The number of nitrogens with zero attached hydrogens (tertiary/aromatic N) is 2. The van der Waals surface area contributed by atoms with E-state index in [9.17, 15) is 4.39 Å². The quantitative estimate of drug-likeness (QED) is 0.217. The molecule has 1 aromatic heterocycles. The lowest BCUT2D eigenvalue weighted by atomic mass is 10.00. The van der Waals surface area contributed by atoms with Gasteiger partial charge in [-0.05, 0) is 80.2 Å². The van der Waals surface area contributed by atoms with Crippen molar-refractivity contribution in [2.24, 2.45) is 0 Å². The largest absolute Gasteiger partial charge is 0.292 e. The number of fused-ring (bicyclic) bond motifs is 3. The molecule has 198 valence electrons. The summed E-state index contributed by atoms with van der Waals surface area (Å²) in [5, 5.41) is 4.89. The van der Waals surface area contributed by atoms with Gasteiger partial charge in [0.2, 0.25) is 0 Å². The Morgan fingerprint density at radius 3 is 1.52 bits per heavy atom. The van der Waals surface area contributed by atoms with Gasteiger partial charge in [0.1, 0.15) is 11.6 Å². The third-order valence-electron chi connectivity index (χ3n) is 8.05. The van der Waals surface area contributed by atoms with Gasteiger partial charge in [0.05, 0.1) is 11.0 Å². The summed E-state index contributed by atoms with van der Waals surface area (Å²) in [5.74, 6) is 0.483. The SMILES string of the molecule is Fc1ccc2c(c1)nc(-c1ccc(-c3ccc4ccccc4c3)cc1)n2-c1ccc(-c2ccc3ccccc3c2)cc1. The van der Waals surface area contributed by atoms with Crippen LogP contribution in [0.25, 0.3) is 71.9 Å². The maximum atomic E-state index is 14.2. The fourth-order valence-corrected chi connectivity index (χ4v) is 5.86. The van der Waals surface area contributed by atoms with Crippen molar-refractivity contribution in [2.75, 3.05) is 0 Å². The van der Waals surface area contributed by atoms with Crippen LogP contribution in [-0.4, -0.2) is 9.55 Å². The van der Waals surface area contributed by atoms with Crippen LogP contribution in [0.4, 0.5) is 4.39 Å². The van der Waals surface area contributed by atoms with Crippen molar-refractivity contribution in [2.45, 2.75) is 0 Å². The average molecular weight is 541 g/mol. The molecule has 1 heterocycles. The number of halogens is 1. The summed E-state index contributed by atoms with van der Waals surface area (Å²) in [7, 11) is 0. The molecule has 0 aliphatic heterocycles. The van der Waals surface area contributed by atoms with Crippen LogP contribution >= 0.6 is 0 Å². The van der Waals surface area contributed by atoms with Gasteiger partial charge < -0.3 is 0 Å². The molecule has 3 heteroatoms. The Morgan fingerprint density at radius 1 is 0.429 bits per heavy atom. The number of hydrogen-bond donors (Lipinski definition) is 0. The number of hydrogen-bond acceptors (Lipinski definition) is 1. The zero-order chi connectivity index (χ0) is 28.0. The number of rotatable bonds is 4. The van der Waals surface area contributed by atoms with Crippen LogP contribution in [-0.2, 0) is 0 Å². The highest BCUT2D eigenvalue weighted by Gasteiger charge is 2.16. The summed E-state index contributed by atoms with van der Waals surface area (Å²) in [6.45, 7) is 0. The fourth-order valence-electron chi connectivity index (χ4n) is 5.86. The van der Waals surface area contributed by atoms with Gasteiger partial charge in [-0.25, -0.2) is 9.37 Å². The summed E-state index contributed by atoms with van der Waals surface area (Å²) in [6.07, 6.45) is 0. The molecule has 0 spiro atoms. The number of aromatic nitrogens is 2. The third-order valence-corrected chi connectivity index (χ3v) is 8.05. The molecule has 0 saturated carbocycles. The molecule has 0 aliphatic rings. The van der Waals surface area contributed by atoms with E-state index in [1.807, 2.05) is 6.07 Å². The topological polar surface area (TPSA) is 17.8 Å². The van der Waals surface area contributed by atoms with Crippen molar-refractivity contribution in [1.29, 1.82) is 0 Å². The minimum Gasteiger partial charge on any atom is -0.292 e. The summed E-state index contributed by atoms with van der Waals surface area (Å²) in [6, 6.07) is 51.7. The van der Waals surface area contributed by atoms with Crippen LogP contribution in [0.3, 0.4) is 0 Å². The average Bonchev–Trinajstić information content (AvgIpc) is 3.43. The molecule has 0 radical (unpaired) electrons. The van der Waals surface area contributed by atoms with Crippen molar-refractivity contribution in [1.82, 2.24) is 9.55 Å². The molecule has 7 aromatic carbocycles. The van der Waals surface area contributed by atoms with Crippen molar-refractivity contribution in [3.05, 3.63) is 157 Å². The summed E-state index contributed by atoms with van der Waals surface area (Å²) in [5.41, 5.74) is 8.05. The predicted octanol–water partition coefficient (Wildman–Crippen LogP) is 10.5.